The van der Waals surface area contributed by atoms with Crippen LogP contribution in [0.25, 0.3) is 11.3 Å². The van der Waals surface area contributed by atoms with E-state index in [0.717, 1.165) is 6.07 Å². The minimum atomic E-state index is -4.64. The van der Waals surface area contributed by atoms with Gasteiger partial charge in [-0.15, -0.1) is 0 Å². The first kappa shape index (κ1) is 26.7. The number of hydrogen-bond acceptors (Lipinski definition) is 4. The van der Waals surface area contributed by atoms with Crippen LogP contribution in [-0.4, -0.2) is 43.8 Å². The van der Waals surface area contributed by atoms with Gasteiger partial charge in [-0.3, -0.25) is 4.90 Å². The molecule has 1 aromatic carbocycles. The molecular formula is C23H29ClF3N3O3. The van der Waals surface area contributed by atoms with Gasteiger partial charge in [0.05, 0.1) is 17.9 Å². The lowest BCUT2D eigenvalue weighted by molar-refractivity contribution is -0.139. The number of nitrogens with zero attached hydrogens (tertiary/aromatic N) is 3. The van der Waals surface area contributed by atoms with Crippen LogP contribution in [-0.2, 0) is 6.18 Å². The second-order valence-corrected chi connectivity index (χ2v) is 10.0. The van der Waals surface area contributed by atoms with Crippen LogP contribution in [0.2, 0.25) is 5.15 Å². The average Bonchev–Trinajstić information content (AvgIpc) is 2.63. The van der Waals surface area contributed by atoms with Crippen molar-refractivity contribution >= 4 is 17.7 Å². The number of ether oxygens (including phenoxy) is 1. The van der Waals surface area contributed by atoms with Crippen molar-refractivity contribution in [3.05, 3.63) is 41.3 Å². The van der Waals surface area contributed by atoms with Crippen molar-refractivity contribution in [2.45, 2.75) is 65.2 Å². The van der Waals surface area contributed by atoms with Gasteiger partial charge in [0, 0.05) is 22.7 Å². The van der Waals surface area contributed by atoms with Crippen molar-refractivity contribution in [1.29, 1.82) is 0 Å². The first-order chi connectivity index (χ1) is 15.0. The van der Waals surface area contributed by atoms with Gasteiger partial charge in [-0.25, -0.2) is 14.8 Å². The predicted molar refractivity (Wildman–Crippen MR) is 120 cm³/mol. The number of amides is 1. The standard InChI is InChI=1S/C23H29ClF3N3O3/c1-14(11-22(5,6)30(20(31)32)21(2,3)4)12-33-18-8-7-15(9-16(18)23(25,26)27)17-10-19(24)29-13-28-17/h7-10,13-14H,11-12H2,1-6H3,(H,31,32)/t14-/m0/s1. The van der Waals surface area contributed by atoms with Crippen LogP contribution >= 0.6 is 11.6 Å². The van der Waals surface area contributed by atoms with Crippen LogP contribution in [0.15, 0.2) is 30.6 Å². The third-order valence-electron chi connectivity index (χ3n) is 5.05. The lowest BCUT2D eigenvalue weighted by atomic mass is 9.87. The zero-order valence-electron chi connectivity index (χ0n) is 19.5. The van der Waals surface area contributed by atoms with Gasteiger partial charge in [-0.05, 0) is 65.2 Å². The molecule has 2 rings (SSSR count). The van der Waals surface area contributed by atoms with Crippen LogP contribution in [0.1, 0.15) is 53.5 Å². The molecule has 0 fully saturated rings. The minimum Gasteiger partial charge on any atom is -0.493 e. The number of halogens is 4. The molecule has 33 heavy (non-hydrogen) atoms. The topological polar surface area (TPSA) is 75.6 Å². The van der Waals surface area contributed by atoms with Crippen LogP contribution in [0.5, 0.6) is 5.75 Å². The molecular weight excluding hydrogens is 459 g/mol. The summed E-state index contributed by atoms with van der Waals surface area (Å²) < 4.78 is 46.8. The van der Waals surface area contributed by atoms with E-state index in [1.807, 2.05) is 6.92 Å². The second kappa shape index (κ2) is 9.75. The molecule has 1 atom stereocenters. The Morgan fingerprint density at radius 1 is 1.15 bits per heavy atom. The zero-order chi connectivity index (χ0) is 25.2. The Kier molecular flexibility index (Phi) is 7.89. The molecule has 0 saturated carbocycles. The molecule has 0 aliphatic rings. The quantitative estimate of drug-likeness (QED) is 0.436. The summed E-state index contributed by atoms with van der Waals surface area (Å²) in [6.07, 6.45) is -4.12. The lowest BCUT2D eigenvalue weighted by Crippen LogP contribution is -2.57. The van der Waals surface area contributed by atoms with Gasteiger partial charge in [-0.2, -0.15) is 13.2 Å². The predicted octanol–water partition coefficient (Wildman–Crippen LogP) is 6.78. The molecule has 1 amide bonds. The maximum Gasteiger partial charge on any atom is 0.419 e. The molecule has 6 nitrogen and oxygen atoms in total. The molecule has 0 aliphatic carbocycles. The molecule has 0 unspecified atom stereocenters. The highest BCUT2D eigenvalue weighted by atomic mass is 35.5. The number of aromatic nitrogens is 2. The zero-order valence-corrected chi connectivity index (χ0v) is 20.3. The monoisotopic (exact) mass is 487 g/mol. The number of carbonyl (C=O) groups is 1. The molecule has 182 valence electrons. The number of rotatable bonds is 7. The first-order valence-electron chi connectivity index (χ1n) is 10.4. The molecule has 0 aliphatic heterocycles. The summed E-state index contributed by atoms with van der Waals surface area (Å²) in [5.74, 6) is -0.521. The van der Waals surface area contributed by atoms with E-state index in [9.17, 15) is 23.1 Å². The molecule has 1 heterocycles. The Balaban J connectivity index is 2.22. The summed E-state index contributed by atoms with van der Waals surface area (Å²) >= 11 is 5.82. The summed E-state index contributed by atoms with van der Waals surface area (Å²) in [6, 6.07) is 5.08. The maximum atomic E-state index is 13.7. The van der Waals surface area contributed by atoms with E-state index in [2.05, 4.69) is 9.97 Å². The Hall–Kier alpha value is -2.55. The fourth-order valence-corrected chi connectivity index (χ4v) is 4.36. The van der Waals surface area contributed by atoms with E-state index in [0.29, 0.717) is 6.42 Å². The number of carboxylic acid groups (broad SMARTS) is 1. The van der Waals surface area contributed by atoms with Crippen LogP contribution in [0.3, 0.4) is 0 Å². The van der Waals surface area contributed by atoms with Crippen molar-refractivity contribution in [2.24, 2.45) is 5.92 Å². The fourth-order valence-electron chi connectivity index (χ4n) is 4.22. The van der Waals surface area contributed by atoms with Gasteiger partial charge in [0.2, 0.25) is 0 Å². The average molecular weight is 488 g/mol. The molecule has 2 aromatic rings. The third kappa shape index (κ3) is 6.96. The number of benzene rings is 1. The lowest BCUT2D eigenvalue weighted by Gasteiger charge is -2.46. The van der Waals surface area contributed by atoms with Crippen LogP contribution in [0.4, 0.5) is 18.0 Å². The van der Waals surface area contributed by atoms with Gasteiger partial charge in [-0.1, -0.05) is 18.5 Å². The van der Waals surface area contributed by atoms with E-state index in [-0.39, 0.29) is 34.7 Å². The molecule has 0 saturated heterocycles. The molecule has 1 aromatic heterocycles. The Morgan fingerprint density at radius 3 is 2.30 bits per heavy atom. The fraction of sp³-hybridized carbons (Fsp3) is 0.522. The minimum absolute atomic E-state index is 0.0111. The van der Waals surface area contributed by atoms with E-state index < -0.39 is 28.9 Å². The second-order valence-electron chi connectivity index (χ2n) is 9.66. The number of alkyl halides is 3. The Morgan fingerprint density at radius 2 is 1.79 bits per heavy atom. The summed E-state index contributed by atoms with van der Waals surface area (Å²) in [6.45, 7) is 10.8. The normalized spacial score (nSPS) is 13.5. The van der Waals surface area contributed by atoms with Crippen molar-refractivity contribution in [3.8, 4) is 17.0 Å². The van der Waals surface area contributed by atoms with Crippen LogP contribution in [0, 0.1) is 5.92 Å². The summed E-state index contributed by atoms with van der Waals surface area (Å²) in [4.78, 5) is 20.9. The molecule has 10 heteroatoms. The third-order valence-corrected chi connectivity index (χ3v) is 5.26. The van der Waals surface area contributed by atoms with Gasteiger partial charge in [0.15, 0.2) is 0 Å². The highest BCUT2D eigenvalue weighted by Gasteiger charge is 2.40. The maximum absolute atomic E-state index is 13.7. The Bertz CT molecular complexity index is 991. The smallest absolute Gasteiger partial charge is 0.419 e. The van der Waals surface area contributed by atoms with E-state index in [1.54, 1.807) is 34.6 Å². The molecule has 0 spiro atoms. The van der Waals surface area contributed by atoms with Gasteiger partial charge >= 0.3 is 12.3 Å². The van der Waals surface area contributed by atoms with Crippen molar-refractivity contribution in [1.82, 2.24) is 14.9 Å². The number of hydrogen-bond donors (Lipinski definition) is 1. The van der Waals surface area contributed by atoms with Gasteiger partial charge in [0.25, 0.3) is 0 Å². The van der Waals surface area contributed by atoms with Crippen molar-refractivity contribution in [3.63, 3.8) is 0 Å². The summed E-state index contributed by atoms with van der Waals surface area (Å²) in [5.41, 5.74) is -1.83. The van der Waals surface area contributed by atoms with Gasteiger partial charge < -0.3 is 9.84 Å². The van der Waals surface area contributed by atoms with E-state index in [4.69, 9.17) is 16.3 Å². The van der Waals surface area contributed by atoms with E-state index >= 15 is 0 Å². The Labute approximate surface area is 196 Å². The highest BCUT2D eigenvalue weighted by Crippen LogP contribution is 2.39. The largest absolute Gasteiger partial charge is 0.493 e. The van der Waals surface area contributed by atoms with E-state index in [1.165, 1.54) is 29.4 Å². The first-order valence-corrected chi connectivity index (χ1v) is 10.8. The summed E-state index contributed by atoms with van der Waals surface area (Å²) in [7, 11) is 0. The highest BCUT2D eigenvalue weighted by molar-refractivity contribution is 6.29. The van der Waals surface area contributed by atoms with Gasteiger partial charge in [0.1, 0.15) is 17.2 Å². The molecule has 0 bridgehead atoms. The van der Waals surface area contributed by atoms with Crippen molar-refractivity contribution < 1.29 is 27.8 Å². The molecule has 1 N–H and O–H groups in total. The molecule has 0 radical (unpaired) electrons. The SMILES string of the molecule is C[C@H](COc1ccc(-c2cc(Cl)ncn2)cc1C(F)(F)F)CC(C)(C)N(C(=O)O)C(C)(C)C. The summed E-state index contributed by atoms with van der Waals surface area (Å²) in [5, 5.41) is 9.80. The van der Waals surface area contributed by atoms with Crippen molar-refractivity contribution in [2.75, 3.05) is 6.61 Å². The van der Waals surface area contributed by atoms with Crippen LogP contribution < -0.4 is 4.74 Å².